The third kappa shape index (κ3) is 3.26. The third-order valence-corrected chi connectivity index (χ3v) is 3.78. The number of nitrogens with zero attached hydrogens (tertiary/aromatic N) is 4. The van der Waals surface area contributed by atoms with Crippen molar-refractivity contribution < 1.29 is 4.79 Å². The highest BCUT2D eigenvalue weighted by Crippen LogP contribution is 2.18. The molecule has 6 heteroatoms. The van der Waals surface area contributed by atoms with Crippen molar-refractivity contribution in [2.24, 2.45) is 13.0 Å². The second-order valence-corrected chi connectivity index (χ2v) is 5.54. The number of nitrogens with two attached hydrogens (primary N) is 1. The van der Waals surface area contributed by atoms with Crippen LogP contribution >= 0.6 is 0 Å². The van der Waals surface area contributed by atoms with E-state index in [4.69, 9.17) is 5.73 Å². The molecule has 106 valence electrons. The third-order valence-electron chi connectivity index (χ3n) is 3.78. The Bertz CT molecular complexity index is 448. The summed E-state index contributed by atoms with van der Waals surface area (Å²) in [6, 6.07) is 0. The van der Waals surface area contributed by atoms with Crippen LogP contribution in [0.1, 0.15) is 23.3 Å². The number of carbonyl (C=O) groups is 1. The van der Waals surface area contributed by atoms with Crippen LogP contribution in [0.3, 0.4) is 0 Å². The zero-order valence-electron chi connectivity index (χ0n) is 12.0. The van der Waals surface area contributed by atoms with Gasteiger partial charge in [0.25, 0.3) is 5.91 Å². The van der Waals surface area contributed by atoms with E-state index < -0.39 is 0 Å². The van der Waals surface area contributed by atoms with Crippen LogP contribution in [0.25, 0.3) is 0 Å². The molecule has 0 aromatic carbocycles. The van der Waals surface area contributed by atoms with Crippen LogP contribution in [-0.2, 0) is 7.05 Å². The van der Waals surface area contributed by atoms with Gasteiger partial charge in [0, 0.05) is 26.8 Å². The first-order valence-electron chi connectivity index (χ1n) is 6.70. The quantitative estimate of drug-likeness (QED) is 0.860. The molecule has 1 aliphatic heterocycles. The highest BCUT2D eigenvalue weighted by Gasteiger charge is 2.23. The number of hydrogen-bond donors (Lipinski definition) is 1. The number of aromatic nitrogens is 2. The van der Waals surface area contributed by atoms with Gasteiger partial charge in [0.15, 0.2) is 5.69 Å². The van der Waals surface area contributed by atoms with Crippen molar-refractivity contribution in [3.63, 3.8) is 0 Å². The van der Waals surface area contributed by atoms with Gasteiger partial charge in [-0.25, -0.2) is 0 Å². The SMILES string of the molecule is CN1CCC(CN(C)C(=O)c2nn(C)cc2N)CC1. The van der Waals surface area contributed by atoms with Crippen molar-refractivity contribution in [3.8, 4) is 0 Å². The van der Waals surface area contributed by atoms with E-state index in [1.165, 1.54) is 0 Å². The molecule has 0 radical (unpaired) electrons. The van der Waals surface area contributed by atoms with Gasteiger partial charge in [-0.15, -0.1) is 0 Å². The molecule has 0 bridgehead atoms. The lowest BCUT2D eigenvalue weighted by molar-refractivity contribution is 0.0741. The zero-order valence-corrected chi connectivity index (χ0v) is 12.0. The number of aryl methyl sites for hydroxylation is 1. The highest BCUT2D eigenvalue weighted by molar-refractivity contribution is 5.96. The molecule has 1 fully saturated rings. The normalized spacial score (nSPS) is 17.6. The van der Waals surface area contributed by atoms with Crippen molar-refractivity contribution in [3.05, 3.63) is 11.9 Å². The lowest BCUT2D eigenvalue weighted by atomic mass is 9.96. The van der Waals surface area contributed by atoms with Gasteiger partial charge in [-0.1, -0.05) is 0 Å². The average Bonchev–Trinajstić information content (AvgIpc) is 2.70. The van der Waals surface area contributed by atoms with Crippen molar-refractivity contribution in [1.29, 1.82) is 0 Å². The number of piperidine rings is 1. The van der Waals surface area contributed by atoms with Crippen LogP contribution < -0.4 is 5.73 Å². The standard InChI is InChI=1S/C13H23N5O/c1-16-6-4-10(5-7-16)8-17(2)13(19)12-11(14)9-18(3)15-12/h9-10H,4-8,14H2,1-3H3. The van der Waals surface area contributed by atoms with Gasteiger partial charge >= 0.3 is 0 Å². The molecule has 1 aromatic heterocycles. The van der Waals surface area contributed by atoms with E-state index in [0.717, 1.165) is 32.5 Å². The van der Waals surface area contributed by atoms with Crippen LogP contribution in [0.15, 0.2) is 6.20 Å². The molecular formula is C13H23N5O. The molecule has 1 amide bonds. The Morgan fingerprint density at radius 1 is 1.47 bits per heavy atom. The molecule has 1 saturated heterocycles. The average molecular weight is 265 g/mol. The molecule has 0 spiro atoms. The fraction of sp³-hybridized carbons (Fsp3) is 0.692. The first-order valence-corrected chi connectivity index (χ1v) is 6.70. The second kappa shape index (κ2) is 5.61. The number of rotatable bonds is 3. The fourth-order valence-corrected chi connectivity index (χ4v) is 2.57. The molecule has 0 atom stereocenters. The highest BCUT2D eigenvalue weighted by atomic mass is 16.2. The van der Waals surface area contributed by atoms with Gasteiger partial charge in [-0.2, -0.15) is 5.10 Å². The van der Waals surface area contributed by atoms with E-state index in [9.17, 15) is 4.79 Å². The van der Waals surface area contributed by atoms with Crippen molar-refractivity contribution in [2.45, 2.75) is 12.8 Å². The minimum atomic E-state index is -0.0861. The predicted molar refractivity (Wildman–Crippen MR) is 74.8 cm³/mol. The smallest absolute Gasteiger partial charge is 0.276 e. The first kappa shape index (κ1) is 13.9. The van der Waals surface area contributed by atoms with Crippen molar-refractivity contribution in [2.75, 3.05) is 39.5 Å². The summed E-state index contributed by atoms with van der Waals surface area (Å²) in [5, 5.41) is 4.13. The summed E-state index contributed by atoms with van der Waals surface area (Å²) in [5.74, 6) is 0.493. The van der Waals surface area contributed by atoms with Gasteiger partial charge in [0.1, 0.15) is 0 Å². The summed E-state index contributed by atoms with van der Waals surface area (Å²) >= 11 is 0. The number of anilines is 1. The lowest BCUT2D eigenvalue weighted by Crippen LogP contribution is -2.38. The molecule has 2 rings (SSSR count). The Hall–Kier alpha value is -1.56. The maximum absolute atomic E-state index is 12.3. The van der Waals surface area contributed by atoms with Crippen molar-refractivity contribution >= 4 is 11.6 Å². The summed E-state index contributed by atoms with van der Waals surface area (Å²) in [7, 11) is 5.73. The van der Waals surface area contributed by atoms with E-state index in [1.54, 1.807) is 22.8 Å². The van der Waals surface area contributed by atoms with Crippen LogP contribution in [0.5, 0.6) is 0 Å². The van der Waals surface area contributed by atoms with Gasteiger partial charge in [0.2, 0.25) is 0 Å². The summed E-state index contributed by atoms with van der Waals surface area (Å²) < 4.78 is 1.58. The topological polar surface area (TPSA) is 67.4 Å². The Morgan fingerprint density at radius 2 is 2.11 bits per heavy atom. The first-order chi connectivity index (χ1) is 8.97. The van der Waals surface area contributed by atoms with E-state index in [0.29, 0.717) is 17.3 Å². The van der Waals surface area contributed by atoms with Gasteiger partial charge in [-0.05, 0) is 38.9 Å². The summed E-state index contributed by atoms with van der Waals surface area (Å²) in [4.78, 5) is 16.3. The molecule has 1 aromatic rings. The van der Waals surface area contributed by atoms with E-state index in [2.05, 4.69) is 17.0 Å². The number of likely N-dealkylation sites (tertiary alicyclic amines) is 1. The van der Waals surface area contributed by atoms with Gasteiger partial charge in [0.05, 0.1) is 5.69 Å². The predicted octanol–water partition coefficient (Wildman–Crippen LogP) is 0.416. The monoisotopic (exact) mass is 265 g/mol. The van der Waals surface area contributed by atoms with E-state index >= 15 is 0 Å². The summed E-state index contributed by atoms with van der Waals surface area (Å²) in [5.41, 5.74) is 6.60. The van der Waals surface area contributed by atoms with Crippen LogP contribution in [0.4, 0.5) is 5.69 Å². The summed E-state index contributed by atoms with van der Waals surface area (Å²) in [6.07, 6.45) is 3.95. The van der Waals surface area contributed by atoms with E-state index in [-0.39, 0.29) is 5.91 Å². The molecule has 0 aliphatic carbocycles. The van der Waals surface area contributed by atoms with Crippen molar-refractivity contribution in [1.82, 2.24) is 19.6 Å². The van der Waals surface area contributed by atoms with Crippen LogP contribution in [0.2, 0.25) is 0 Å². The number of carbonyl (C=O) groups excluding carboxylic acids is 1. The Balaban J connectivity index is 1.94. The molecule has 2 heterocycles. The van der Waals surface area contributed by atoms with Gasteiger partial charge < -0.3 is 15.5 Å². The Morgan fingerprint density at radius 3 is 2.63 bits per heavy atom. The van der Waals surface area contributed by atoms with Crippen LogP contribution in [-0.4, -0.2) is 59.2 Å². The number of hydrogen-bond acceptors (Lipinski definition) is 4. The fourth-order valence-electron chi connectivity index (χ4n) is 2.57. The largest absolute Gasteiger partial charge is 0.396 e. The maximum atomic E-state index is 12.3. The Labute approximate surface area is 114 Å². The summed E-state index contributed by atoms with van der Waals surface area (Å²) in [6.45, 7) is 3.00. The molecular weight excluding hydrogens is 242 g/mol. The Kier molecular flexibility index (Phi) is 4.09. The molecule has 0 unspecified atom stereocenters. The second-order valence-electron chi connectivity index (χ2n) is 5.54. The molecule has 19 heavy (non-hydrogen) atoms. The minimum Gasteiger partial charge on any atom is -0.396 e. The van der Waals surface area contributed by atoms with E-state index in [1.807, 2.05) is 7.05 Å². The molecule has 1 aliphatic rings. The minimum absolute atomic E-state index is 0.0861. The molecule has 2 N–H and O–H groups in total. The molecule has 6 nitrogen and oxygen atoms in total. The number of amides is 1. The molecule has 0 saturated carbocycles. The van der Waals surface area contributed by atoms with Gasteiger partial charge in [-0.3, -0.25) is 9.48 Å². The van der Waals surface area contributed by atoms with Crippen LogP contribution in [0, 0.1) is 5.92 Å². The zero-order chi connectivity index (χ0) is 14.0. The number of nitrogen functional groups attached to an aromatic ring is 1. The lowest BCUT2D eigenvalue weighted by Gasteiger charge is -2.31. The maximum Gasteiger partial charge on any atom is 0.276 e.